The Labute approximate surface area is 185 Å². The molecule has 0 radical (unpaired) electrons. The molecule has 10 nitrogen and oxygen atoms in total. The van der Waals surface area contributed by atoms with Crippen molar-refractivity contribution in [3.8, 4) is 0 Å². The molecule has 2 aromatic carbocycles. The van der Waals surface area contributed by atoms with Crippen LogP contribution in [-0.2, 0) is 19.6 Å². The molecule has 0 aliphatic heterocycles. The Morgan fingerprint density at radius 1 is 1.12 bits per heavy atom. The second-order valence-electron chi connectivity index (χ2n) is 6.87. The molecule has 2 aromatic rings. The summed E-state index contributed by atoms with van der Waals surface area (Å²) in [5.41, 5.74) is 1.86. The maximum absolute atomic E-state index is 12.8. The Morgan fingerprint density at radius 2 is 1.81 bits per heavy atom. The summed E-state index contributed by atoms with van der Waals surface area (Å²) in [6.45, 7) is 4.93. The van der Waals surface area contributed by atoms with Crippen LogP contribution >= 0.6 is 0 Å². The normalized spacial score (nSPS) is 11.5. The second kappa shape index (κ2) is 10.5. The average Bonchev–Trinajstić information content (AvgIpc) is 2.71. The first-order chi connectivity index (χ1) is 15.0. The molecule has 170 valence electrons. The van der Waals surface area contributed by atoms with E-state index >= 15 is 0 Å². The van der Waals surface area contributed by atoms with Crippen molar-refractivity contribution in [3.05, 3.63) is 75.5 Å². The van der Waals surface area contributed by atoms with E-state index in [2.05, 4.69) is 15.4 Å². The van der Waals surface area contributed by atoms with Crippen LogP contribution in [0.3, 0.4) is 0 Å². The number of nitrogens with one attached hydrogen (secondary N) is 3. The van der Waals surface area contributed by atoms with Gasteiger partial charge in [-0.1, -0.05) is 18.2 Å². The topological polar surface area (TPSA) is 148 Å². The third kappa shape index (κ3) is 6.38. The number of hydrogen-bond acceptors (Lipinski definition) is 6. The molecule has 0 atom stereocenters. The van der Waals surface area contributed by atoms with E-state index in [9.17, 15) is 28.1 Å². The van der Waals surface area contributed by atoms with E-state index in [0.29, 0.717) is 5.69 Å². The van der Waals surface area contributed by atoms with E-state index < -0.39 is 32.5 Å². The van der Waals surface area contributed by atoms with Crippen molar-refractivity contribution in [3.63, 3.8) is 0 Å². The number of benzene rings is 2. The fourth-order valence-electron chi connectivity index (χ4n) is 2.73. The lowest BCUT2D eigenvalue weighted by Gasteiger charge is -2.13. The highest BCUT2D eigenvalue weighted by molar-refractivity contribution is 7.92. The number of nitro groups is 1. The van der Waals surface area contributed by atoms with Gasteiger partial charge in [0.15, 0.2) is 0 Å². The summed E-state index contributed by atoms with van der Waals surface area (Å²) in [6.07, 6.45) is 0.909. The van der Waals surface area contributed by atoms with Crippen LogP contribution in [0.1, 0.15) is 24.5 Å². The van der Waals surface area contributed by atoms with E-state index in [1.54, 1.807) is 12.1 Å². The molecule has 0 fully saturated rings. The maximum atomic E-state index is 12.8. The molecule has 0 aromatic heterocycles. The van der Waals surface area contributed by atoms with Gasteiger partial charge in [-0.05, 0) is 62.2 Å². The second-order valence-corrected chi connectivity index (χ2v) is 8.55. The van der Waals surface area contributed by atoms with E-state index in [1.165, 1.54) is 31.2 Å². The van der Waals surface area contributed by atoms with Gasteiger partial charge in [-0.15, -0.1) is 0 Å². The largest absolute Gasteiger partial charge is 0.346 e. The first-order valence-electron chi connectivity index (χ1n) is 9.63. The summed E-state index contributed by atoms with van der Waals surface area (Å²) in [5.74, 6) is -1.39. The van der Waals surface area contributed by atoms with Crippen LogP contribution in [0.2, 0.25) is 0 Å². The van der Waals surface area contributed by atoms with Gasteiger partial charge >= 0.3 is 11.6 Å². The number of carbonyl (C=O) groups excluding carboxylic acids is 2. The van der Waals surface area contributed by atoms with Crippen molar-refractivity contribution in [2.45, 2.75) is 32.1 Å². The van der Waals surface area contributed by atoms with Crippen LogP contribution in [-0.4, -0.2) is 31.7 Å². The van der Waals surface area contributed by atoms with Crippen LogP contribution in [0.15, 0.2) is 59.1 Å². The van der Waals surface area contributed by atoms with Gasteiger partial charge in [0.1, 0.15) is 0 Å². The fraction of sp³-hybridized carbons (Fsp3) is 0.238. The summed E-state index contributed by atoms with van der Waals surface area (Å²) in [6, 6.07) is 11.0. The lowest BCUT2D eigenvalue weighted by atomic mass is 10.1. The Hall–Kier alpha value is -3.73. The Balaban J connectivity index is 2.01. The number of hydrogen-bond donors (Lipinski definition) is 3. The van der Waals surface area contributed by atoms with Crippen LogP contribution in [0.4, 0.5) is 11.4 Å². The maximum Gasteiger partial charge on any atom is 0.329 e. The zero-order valence-electron chi connectivity index (χ0n) is 17.8. The zero-order chi connectivity index (χ0) is 23.9. The minimum Gasteiger partial charge on any atom is -0.346 e. The van der Waals surface area contributed by atoms with Crippen molar-refractivity contribution >= 4 is 33.2 Å². The van der Waals surface area contributed by atoms with Crippen LogP contribution in [0.25, 0.3) is 0 Å². The quantitative estimate of drug-likeness (QED) is 0.298. The van der Waals surface area contributed by atoms with Crippen LogP contribution in [0, 0.1) is 24.0 Å². The number of nitrogens with zero attached hydrogens (tertiary/aromatic N) is 1. The monoisotopic (exact) mass is 460 g/mol. The first-order valence-corrected chi connectivity index (χ1v) is 11.1. The average molecular weight is 461 g/mol. The van der Waals surface area contributed by atoms with Crippen molar-refractivity contribution in [1.29, 1.82) is 0 Å². The molecule has 3 N–H and O–H groups in total. The SMILES string of the molecule is C/C=C(/C(=O)NCCC(=O)Nc1cccc(S(=O)(=O)Nc2cccc(C)c2C)c1)[N+](=O)[O-]. The molecule has 11 heteroatoms. The Kier molecular flexibility index (Phi) is 8.08. The van der Waals surface area contributed by atoms with Gasteiger partial charge in [0.25, 0.3) is 10.0 Å². The number of amides is 2. The molecule has 0 aliphatic carbocycles. The van der Waals surface area contributed by atoms with Gasteiger partial charge in [0, 0.05) is 18.7 Å². The summed E-state index contributed by atoms with van der Waals surface area (Å²) in [7, 11) is -3.89. The van der Waals surface area contributed by atoms with E-state index in [-0.39, 0.29) is 23.5 Å². The van der Waals surface area contributed by atoms with Gasteiger partial charge < -0.3 is 10.6 Å². The van der Waals surface area contributed by atoms with Crippen molar-refractivity contribution in [2.75, 3.05) is 16.6 Å². The van der Waals surface area contributed by atoms with E-state index in [4.69, 9.17) is 0 Å². The molecule has 2 amide bonds. The van der Waals surface area contributed by atoms with Gasteiger partial charge in [-0.2, -0.15) is 0 Å². The highest BCUT2D eigenvalue weighted by Gasteiger charge is 2.20. The molecule has 2 rings (SSSR count). The highest BCUT2D eigenvalue weighted by Crippen LogP contribution is 2.23. The van der Waals surface area contributed by atoms with Crippen molar-refractivity contribution < 1.29 is 22.9 Å². The summed E-state index contributed by atoms with van der Waals surface area (Å²) >= 11 is 0. The molecule has 0 bridgehead atoms. The highest BCUT2D eigenvalue weighted by atomic mass is 32.2. The third-order valence-electron chi connectivity index (χ3n) is 4.62. The number of rotatable bonds is 9. The number of allylic oxidation sites excluding steroid dienone is 1. The van der Waals surface area contributed by atoms with Crippen LogP contribution < -0.4 is 15.4 Å². The van der Waals surface area contributed by atoms with Gasteiger partial charge in [0.2, 0.25) is 5.91 Å². The molecule has 32 heavy (non-hydrogen) atoms. The van der Waals surface area contributed by atoms with Gasteiger partial charge in [-0.25, -0.2) is 8.42 Å². The zero-order valence-corrected chi connectivity index (χ0v) is 18.7. The third-order valence-corrected chi connectivity index (χ3v) is 5.98. The summed E-state index contributed by atoms with van der Waals surface area (Å²) < 4.78 is 28.1. The molecular formula is C21H24N4O6S. The predicted molar refractivity (Wildman–Crippen MR) is 120 cm³/mol. The number of carbonyl (C=O) groups is 2. The summed E-state index contributed by atoms with van der Waals surface area (Å²) in [4.78, 5) is 33.7. The fourth-order valence-corrected chi connectivity index (χ4v) is 3.90. The van der Waals surface area contributed by atoms with Gasteiger partial charge in [-0.3, -0.25) is 24.4 Å². The number of aryl methyl sites for hydroxylation is 1. The van der Waals surface area contributed by atoms with E-state index in [1.807, 2.05) is 19.9 Å². The van der Waals surface area contributed by atoms with Gasteiger partial charge in [0.05, 0.1) is 15.5 Å². The number of sulfonamides is 1. The smallest absolute Gasteiger partial charge is 0.329 e. The van der Waals surface area contributed by atoms with Crippen LogP contribution in [0.5, 0.6) is 0 Å². The molecule has 0 saturated carbocycles. The molecule has 0 heterocycles. The minimum absolute atomic E-state index is 0.0341. The number of anilines is 2. The lowest BCUT2D eigenvalue weighted by Crippen LogP contribution is -2.31. The minimum atomic E-state index is -3.89. The molecular weight excluding hydrogens is 436 g/mol. The predicted octanol–water partition coefficient (Wildman–Crippen LogP) is 2.73. The molecule has 0 unspecified atom stereocenters. The van der Waals surface area contributed by atoms with Crippen molar-refractivity contribution in [1.82, 2.24) is 5.32 Å². The molecule has 0 spiro atoms. The lowest BCUT2D eigenvalue weighted by molar-refractivity contribution is -0.419. The standard InChI is InChI=1S/C21H24N4O6S/c1-4-19(25(28)29)21(27)22-12-11-20(26)23-16-8-6-9-17(13-16)32(30,31)24-18-10-5-7-14(2)15(18)3/h4-10,13,24H,11-12H2,1-3H3,(H,22,27)(H,23,26)/b19-4-. The van der Waals surface area contributed by atoms with Crippen molar-refractivity contribution in [2.24, 2.45) is 0 Å². The molecule has 0 aliphatic rings. The Morgan fingerprint density at radius 3 is 2.47 bits per heavy atom. The summed E-state index contributed by atoms with van der Waals surface area (Å²) in [5, 5.41) is 15.6. The first kappa shape index (κ1) is 24.5. The van der Waals surface area contributed by atoms with E-state index in [0.717, 1.165) is 17.2 Å². The Bertz CT molecular complexity index is 1170. The molecule has 0 saturated heterocycles.